The second-order valence-electron chi connectivity index (χ2n) is 3.53. The number of aryl methyl sites for hydroxylation is 1. The van der Waals surface area contributed by atoms with Gasteiger partial charge in [0.05, 0.1) is 11.4 Å². The van der Waals surface area contributed by atoms with Gasteiger partial charge in [0.1, 0.15) is 0 Å². The zero-order chi connectivity index (χ0) is 14.5. The van der Waals surface area contributed by atoms with Crippen molar-refractivity contribution in [1.29, 1.82) is 0 Å². The van der Waals surface area contributed by atoms with Crippen molar-refractivity contribution in [1.82, 2.24) is 0 Å². The zero-order valence-corrected chi connectivity index (χ0v) is 10.7. The predicted molar refractivity (Wildman–Crippen MR) is 70.1 cm³/mol. The molecule has 0 saturated carbocycles. The fraction of sp³-hybridized carbons (Fsp3) is 0.385. The van der Waals surface area contributed by atoms with Crippen LogP contribution in [-0.2, 0) is 9.59 Å². The van der Waals surface area contributed by atoms with E-state index in [1.807, 2.05) is 0 Å². The molecule has 0 saturated heterocycles. The van der Waals surface area contributed by atoms with Gasteiger partial charge in [-0.2, -0.15) is 9.98 Å². The molecule has 1 aromatic carbocycles. The number of benzene rings is 1. The van der Waals surface area contributed by atoms with Crippen LogP contribution < -0.4 is 0 Å². The average Bonchev–Trinajstić information content (AvgIpc) is 2.41. The molecule has 19 heavy (non-hydrogen) atoms. The number of rotatable bonds is 5. The third-order valence-corrected chi connectivity index (χ3v) is 2.10. The summed E-state index contributed by atoms with van der Waals surface area (Å²) in [7, 11) is 0. The smallest absolute Gasteiger partial charge is 0.240 e. The molecule has 0 amide bonds. The Morgan fingerprint density at radius 1 is 1.05 bits per heavy atom. The molecule has 0 fully saturated rings. The molecule has 6 heteroatoms. The summed E-state index contributed by atoms with van der Waals surface area (Å²) in [6.45, 7) is 2.19. The summed E-state index contributed by atoms with van der Waals surface area (Å²) in [4.78, 5) is 26.8. The van der Waals surface area contributed by atoms with E-state index in [1.165, 1.54) is 18.2 Å². The van der Waals surface area contributed by atoms with Crippen molar-refractivity contribution in [3.05, 3.63) is 23.8 Å². The molecule has 0 atom stereocenters. The standard InChI is InChI=1S/C9H6N2O2.C4H10O2/c1-7-2-3-8(10-5-12)4-9(7)11-6-13;5-3-1-2-4-6/h2-4H,1H3;5-6H,1-4H2. The van der Waals surface area contributed by atoms with E-state index in [0.717, 1.165) is 18.4 Å². The van der Waals surface area contributed by atoms with Gasteiger partial charge in [0, 0.05) is 13.2 Å². The number of isocyanates is 2. The molecule has 0 bridgehead atoms. The number of nitrogens with zero attached hydrogens (tertiary/aromatic N) is 2. The van der Waals surface area contributed by atoms with E-state index in [9.17, 15) is 9.59 Å². The Bertz CT molecular complexity index is 472. The van der Waals surface area contributed by atoms with Gasteiger partial charge in [-0.25, -0.2) is 9.59 Å². The summed E-state index contributed by atoms with van der Waals surface area (Å²) in [6.07, 6.45) is 4.27. The Hall–Kier alpha value is -2.10. The minimum absolute atomic E-state index is 0.195. The van der Waals surface area contributed by atoms with Gasteiger partial charge in [-0.3, -0.25) is 0 Å². The highest BCUT2D eigenvalue weighted by atomic mass is 16.3. The van der Waals surface area contributed by atoms with Crippen LogP contribution in [0.4, 0.5) is 11.4 Å². The summed E-state index contributed by atoms with van der Waals surface area (Å²) < 4.78 is 0. The molecular weight excluding hydrogens is 248 g/mol. The van der Waals surface area contributed by atoms with E-state index >= 15 is 0 Å². The highest BCUT2D eigenvalue weighted by molar-refractivity contribution is 5.61. The van der Waals surface area contributed by atoms with Crippen LogP contribution in [0.3, 0.4) is 0 Å². The first-order chi connectivity index (χ1) is 9.19. The van der Waals surface area contributed by atoms with Crippen LogP contribution in [0.25, 0.3) is 0 Å². The van der Waals surface area contributed by atoms with E-state index in [1.54, 1.807) is 19.1 Å². The number of unbranched alkanes of at least 4 members (excludes halogenated alkanes) is 1. The molecule has 0 heterocycles. The molecular formula is C13H16N2O4. The first-order valence-corrected chi connectivity index (χ1v) is 5.67. The summed E-state index contributed by atoms with van der Waals surface area (Å²) in [5.41, 5.74) is 1.72. The number of carbonyl (C=O) groups excluding carboxylic acids is 2. The van der Waals surface area contributed by atoms with E-state index in [2.05, 4.69) is 9.98 Å². The van der Waals surface area contributed by atoms with E-state index in [-0.39, 0.29) is 13.2 Å². The molecule has 2 N–H and O–H groups in total. The van der Waals surface area contributed by atoms with Crippen LogP contribution in [0.15, 0.2) is 28.2 Å². The SMILES string of the molecule is Cc1ccc(N=C=O)cc1N=C=O.OCCCCO. The normalized spacial score (nSPS) is 8.58. The van der Waals surface area contributed by atoms with E-state index < -0.39 is 0 Å². The summed E-state index contributed by atoms with van der Waals surface area (Å²) >= 11 is 0. The lowest BCUT2D eigenvalue weighted by atomic mass is 10.2. The Morgan fingerprint density at radius 3 is 2.11 bits per heavy atom. The number of hydrogen-bond acceptors (Lipinski definition) is 6. The minimum Gasteiger partial charge on any atom is -0.396 e. The van der Waals surface area contributed by atoms with Crippen LogP contribution in [0.2, 0.25) is 0 Å². The van der Waals surface area contributed by atoms with Crippen LogP contribution >= 0.6 is 0 Å². The maximum absolute atomic E-state index is 10.00. The lowest BCUT2D eigenvalue weighted by Gasteiger charge is -1.97. The molecule has 0 aliphatic carbocycles. The molecule has 1 aromatic rings. The zero-order valence-electron chi connectivity index (χ0n) is 10.7. The maximum Gasteiger partial charge on any atom is 0.240 e. The van der Waals surface area contributed by atoms with Gasteiger partial charge in [-0.1, -0.05) is 6.07 Å². The third-order valence-electron chi connectivity index (χ3n) is 2.10. The van der Waals surface area contributed by atoms with Gasteiger partial charge in [-0.05, 0) is 37.5 Å². The van der Waals surface area contributed by atoms with Crippen molar-refractivity contribution in [2.45, 2.75) is 19.8 Å². The van der Waals surface area contributed by atoms with Crippen molar-refractivity contribution in [3.63, 3.8) is 0 Å². The average molecular weight is 264 g/mol. The van der Waals surface area contributed by atoms with Crippen LogP contribution in [0.1, 0.15) is 18.4 Å². The van der Waals surface area contributed by atoms with Gasteiger partial charge in [-0.15, -0.1) is 0 Å². The number of aliphatic hydroxyl groups excluding tert-OH is 2. The fourth-order valence-electron chi connectivity index (χ4n) is 1.11. The first-order valence-electron chi connectivity index (χ1n) is 5.67. The molecule has 0 aromatic heterocycles. The Balaban J connectivity index is 0.000000459. The van der Waals surface area contributed by atoms with Crippen molar-refractivity contribution >= 4 is 23.5 Å². The topological polar surface area (TPSA) is 99.3 Å². The fourth-order valence-corrected chi connectivity index (χ4v) is 1.11. The third kappa shape index (κ3) is 7.76. The molecule has 102 valence electrons. The maximum atomic E-state index is 10.00. The van der Waals surface area contributed by atoms with Crippen LogP contribution in [-0.4, -0.2) is 35.6 Å². The minimum atomic E-state index is 0.195. The summed E-state index contributed by atoms with van der Waals surface area (Å²) in [5.74, 6) is 0. The molecule has 0 spiro atoms. The van der Waals surface area contributed by atoms with Crippen molar-refractivity contribution in [2.75, 3.05) is 13.2 Å². The Morgan fingerprint density at radius 2 is 1.63 bits per heavy atom. The highest BCUT2D eigenvalue weighted by Gasteiger charge is 1.97. The monoisotopic (exact) mass is 264 g/mol. The van der Waals surface area contributed by atoms with Gasteiger partial charge < -0.3 is 10.2 Å². The highest BCUT2D eigenvalue weighted by Crippen LogP contribution is 2.23. The number of aliphatic imine (C=N–C) groups is 2. The van der Waals surface area contributed by atoms with Crippen LogP contribution in [0, 0.1) is 6.92 Å². The van der Waals surface area contributed by atoms with E-state index in [4.69, 9.17) is 10.2 Å². The van der Waals surface area contributed by atoms with Crippen molar-refractivity contribution in [3.8, 4) is 0 Å². The molecule has 0 radical (unpaired) electrons. The van der Waals surface area contributed by atoms with Crippen LogP contribution in [0.5, 0.6) is 0 Å². The Labute approximate surface area is 111 Å². The number of hydrogen-bond donors (Lipinski definition) is 2. The van der Waals surface area contributed by atoms with Gasteiger partial charge in [0.2, 0.25) is 12.2 Å². The first kappa shape index (κ1) is 16.9. The Kier molecular flexibility index (Phi) is 9.80. The number of aliphatic hydroxyl groups is 2. The van der Waals surface area contributed by atoms with Crippen molar-refractivity contribution < 1.29 is 19.8 Å². The molecule has 6 nitrogen and oxygen atoms in total. The molecule has 1 rings (SSSR count). The van der Waals surface area contributed by atoms with Crippen molar-refractivity contribution in [2.24, 2.45) is 9.98 Å². The molecule has 0 aliphatic rings. The lowest BCUT2D eigenvalue weighted by molar-refractivity contribution is 0.242. The summed E-state index contributed by atoms with van der Waals surface area (Å²) in [6, 6.07) is 4.88. The quantitative estimate of drug-likeness (QED) is 0.480. The summed E-state index contributed by atoms with van der Waals surface area (Å²) in [5, 5.41) is 16.2. The second-order valence-corrected chi connectivity index (χ2v) is 3.53. The molecule has 0 aliphatic heterocycles. The predicted octanol–water partition coefficient (Wildman–Crippen LogP) is 1.68. The van der Waals surface area contributed by atoms with Gasteiger partial charge in [0.15, 0.2) is 0 Å². The molecule has 0 unspecified atom stereocenters. The lowest BCUT2D eigenvalue weighted by Crippen LogP contribution is -1.85. The van der Waals surface area contributed by atoms with Gasteiger partial charge >= 0.3 is 0 Å². The van der Waals surface area contributed by atoms with E-state index in [0.29, 0.717) is 11.4 Å². The second kappa shape index (κ2) is 11.0. The van der Waals surface area contributed by atoms with Gasteiger partial charge in [0.25, 0.3) is 0 Å². The largest absolute Gasteiger partial charge is 0.396 e.